The Balaban J connectivity index is 0.000000224. The molecule has 19 heteroatoms. The summed E-state index contributed by atoms with van der Waals surface area (Å²) in [6.45, 7) is 9.40. The Morgan fingerprint density at radius 1 is 0.686 bits per heavy atom. The number of benzene rings is 2. The van der Waals surface area contributed by atoms with Crippen molar-refractivity contribution in [3.05, 3.63) is 56.5 Å². The molecule has 0 N–H and O–H groups in total. The standard InChI is InChI=1S/2C16H19BrN4O2S2.Pt/c2*1-25-16(24)19-18-14-12-10-11(17)2-3-13(12)21(15(14)22)5-4-20-6-8-23-9-7-20;/h2*2-3,10H,4-9H2,1H3,(H,19,24);/q;;+2/p-2/b2*18-14+;. The van der Waals surface area contributed by atoms with Crippen molar-refractivity contribution in [1.82, 2.24) is 9.80 Å². The van der Waals surface area contributed by atoms with Crippen LogP contribution in [0.5, 0.6) is 0 Å². The molecule has 2 aromatic carbocycles. The molecule has 276 valence electrons. The molecule has 12 nitrogen and oxygen atoms in total. The van der Waals surface area contributed by atoms with Crippen LogP contribution in [0.25, 0.3) is 0 Å². The van der Waals surface area contributed by atoms with E-state index >= 15 is 0 Å². The molecule has 0 aromatic heterocycles. The summed E-state index contributed by atoms with van der Waals surface area (Å²) in [5.74, 6) is -0.261. The van der Waals surface area contributed by atoms with Gasteiger partial charge in [0, 0.05) is 72.4 Å². The van der Waals surface area contributed by atoms with Gasteiger partial charge in [0.05, 0.1) is 37.8 Å². The first-order valence-electron chi connectivity index (χ1n) is 15.8. The van der Waals surface area contributed by atoms with Crippen molar-refractivity contribution >= 4 is 124 Å². The number of halogens is 2. The summed E-state index contributed by atoms with van der Waals surface area (Å²) in [7, 11) is 0. The second kappa shape index (κ2) is 21.0. The van der Waals surface area contributed by atoms with E-state index in [2.05, 4.69) is 62.1 Å². The van der Waals surface area contributed by atoms with E-state index in [1.807, 2.05) is 48.9 Å². The van der Waals surface area contributed by atoms with E-state index in [0.717, 1.165) is 97.1 Å². The molecule has 2 saturated heterocycles. The number of hydrogen-bond acceptors (Lipinski definition) is 14. The minimum atomic E-state index is -0.131. The third-order valence-corrected chi connectivity index (χ3v) is 11.2. The molecule has 6 rings (SSSR count). The maximum absolute atomic E-state index is 12.9. The van der Waals surface area contributed by atoms with Gasteiger partial charge in [-0.1, -0.05) is 31.9 Å². The van der Waals surface area contributed by atoms with Crippen LogP contribution in [-0.2, 0) is 65.4 Å². The zero-order valence-corrected chi connectivity index (χ0v) is 36.6. The Hall–Kier alpha value is -1.31. The van der Waals surface area contributed by atoms with Crippen LogP contribution in [0, 0.1) is 0 Å². The molecule has 0 bridgehead atoms. The fourth-order valence-corrected chi connectivity index (χ4v) is 6.65. The van der Waals surface area contributed by atoms with Gasteiger partial charge in [0.2, 0.25) is 0 Å². The van der Waals surface area contributed by atoms with E-state index in [1.54, 1.807) is 9.80 Å². The number of anilines is 2. The van der Waals surface area contributed by atoms with E-state index in [0.29, 0.717) is 33.3 Å². The zero-order valence-electron chi connectivity index (χ0n) is 27.9. The van der Waals surface area contributed by atoms with Crippen LogP contribution in [0.2, 0.25) is 0 Å². The van der Waals surface area contributed by atoms with Gasteiger partial charge in [0.15, 0.2) is 11.4 Å². The van der Waals surface area contributed by atoms with Gasteiger partial charge in [0.25, 0.3) is 11.8 Å². The molecule has 0 atom stereocenters. The number of morpholine rings is 2. The van der Waals surface area contributed by atoms with Crippen LogP contribution in [0.4, 0.5) is 11.4 Å². The fourth-order valence-electron chi connectivity index (χ4n) is 5.60. The van der Waals surface area contributed by atoms with Crippen molar-refractivity contribution in [1.29, 1.82) is 0 Å². The third-order valence-electron chi connectivity index (χ3n) is 8.20. The summed E-state index contributed by atoms with van der Waals surface area (Å²) < 4.78 is 13.3. The first kappa shape index (κ1) is 42.4. The number of rotatable bonds is 8. The number of hydrogen-bond donors (Lipinski definition) is 0. The largest absolute Gasteiger partial charge is 2.00 e. The average molecular weight is 1080 g/mol. The molecule has 4 aliphatic rings. The normalized spacial score (nSPS) is 20.0. The predicted octanol–water partition coefficient (Wildman–Crippen LogP) is 4.19. The van der Waals surface area contributed by atoms with Crippen LogP contribution in [-0.4, -0.2) is 133 Å². The molecular formula is C32H36Br2N8O4PtS4. The Bertz CT molecular complexity index is 1570. The van der Waals surface area contributed by atoms with Crippen LogP contribution in [0.15, 0.2) is 65.7 Å². The topological polar surface area (TPSA) is 115 Å². The molecule has 0 radical (unpaired) electrons. The first-order valence-corrected chi connectivity index (χ1v) is 20.6. The second-order valence-electron chi connectivity index (χ2n) is 11.2. The van der Waals surface area contributed by atoms with Crippen LogP contribution in [0.3, 0.4) is 0 Å². The Morgan fingerprint density at radius 2 is 1.06 bits per heavy atom. The van der Waals surface area contributed by atoms with Gasteiger partial charge in [-0.3, -0.25) is 19.4 Å². The summed E-state index contributed by atoms with van der Waals surface area (Å²) in [4.78, 5) is 33.9. The molecule has 0 saturated carbocycles. The number of fused-ring (bicyclic) bond motifs is 2. The van der Waals surface area contributed by atoms with E-state index in [-0.39, 0.29) is 32.9 Å². The average Bonchev–Trinajstić information content (AvgIpc) is 3.55. The van der Waals surface area contributed by atoms with Crippen LogP contribution >= 0.6 is 55.4 Å². The number of carbonyl (C=O) groups is 2. The maximum atomic E-state index is 12.9. The number of nitrogens with zero attached hydrogens (tertiary/aromatic N) is 8. The van der Waals surface area contributed by atoms with Gasteiger partial charge in [-0.15, -0.1) is 33.7 Å². The van der Waals surface area contributed by atoms with Gasteiger partial charge >= 0.3 is 21.1 Å². The maximum Gasteiger partial charge on any atom is 2.00 e. The van der Waals surface area contributed by atoms with Crippen molar-refractivity contribution in [2.24, 2.45) is 20.4 Å². The van der Waals surface area contributed by atoms with E-state index in [1.165, 1.54) is 23.5 Å². The molecule has 4 aliphatic heterocycles. The minimum absolute atomic E-state index is 0. The Kier molecular flexibility index (Phi) is 17.4. The zero-order chi connectivity index (χ0) is 35.6. The van der Waals surface area contributed by atoms with Crippen molar-refractivity contribution in [2.75, 3.05) is 101 Å². The van der Waals surface area contributed by atoms with Gasteiger partial charge in [-0.25, -0.2) is 0 Å². The fraction of sp³-hybridized carbons (Fsp3) is 0.438. The molecule has 2 amide bonds. The number of carbonyl (C=O) groups excluding carboxylic acids is 2. The number of ether oxygens (including phenoxy) is 2. The molecule has 2 aromatic rings. The van der Waals surface area contributed by atoms with E-state index < -0.39 is 0 Å². The SMILES string of the molecule is CS/C([S-])=N/N=C1/C(=O)N(CCN2CCOCC2)c2ccc(Br)cc21.CS/C([S-])=N/N=C1/C(=O)N(CCN2CCOCC2)c2ccc(Br)cc21.[Pt+2]. The Labute approximate surface area is 349 Å². The van der Waals surface area contributed by atoms with Crippen molar-refractivity contribution in [3.8, 4) is 0 Å². The summed E-state index contributed by atoms with van der Waals surface area (Å²) in [5.41, 5.74) is 3.99. The van der Waals surface area contributed by atoms with Gasteiger partial charge in [-0.05, 0) is 57.7 Å². The molecule has 0 unspecified atom stereocenters. The molecule has 0 aliphatic carbocycles. The van der Waals surface area contributed by atoms with Crippen LogP contribution < -0.4 is 9.80 Å². The van der Waals surface area contributed by atoms with E-state index in [9.17, 15) is 9.59 Å². The molecule has 51 heavy (non-hydrogen) atoms. The first-order chi connectivity index (χ1) is 24.2. The minimum Gasteiger partial charge on any atom is -0.752 e. The van der Waals surface area contributed by atoms with Crippen molar-refractivity contribution in [3.63, 3.8) is 0 Å². The summed E-state index contributed by atoms with van der Waals surface area (Å²) in [5, 5.41) is 16.2. The second-order valence-corrected chi connectivity index (χ2v) is 15.9. The molecular weight excluding hydrogens is 1040 g/mol. The Morgan fingerprint density at radius 3 is 1.41 bits per heavy atom. The molecule has 4 heterocycles. The third kappa shape index (κ3) is 11.4. The van der Waals surface area contributed by atoms with Gasteiger partial charge in [-0.2, -0.15) is 10.2 Å². The van der Waals surface area contributed by atoms with Crippen molar-refractivity contribution < 1.29 is 40.1 Å². The van der Waals surface area contributed by atoms with Crippen molar-refractivity contribution in [2.45, 2.75) is 0 Å². The summed E-state index contributed by atoms with van der Waals surface area (Å²) in [6, 6.07) is 11.5. The molecule has 2 fully saturated rings. The quantitative estimate of drug-likeness (QED) is 0.165. The predicted molar refractivity (Wildman–Crippen MR) is 217 cm³/mol. The summed E-state index contributed by atoms with van der Waals surface area (Å²) >= 11 is 19.7. The molecule has 0 spiro atoms. The van der Waals surface area contributed by atoms with Crippen LogP contribution in [0.1, 0.15) is 11.1 Å². The number of amides is 2. The summed E-state index contributed by atoms with van der Waals surface area (Å²) in [6.07, 6.45) is 3.67. The number of thioether (sulfide) groups is 2. The monoisotopic (exact) mass is 1080 g/mol. The van der Waals surface area contributed by atoms with Gasteiger partial charge < -0.3 is 44.5 Å². The van der Waals surface area contributed by atoms with Gasteiger partial charge in [0.1, 0.15) is 0 Å². The smallest absolute Gasteiger partial charge is 0.752 e. The van der Waals surface area contributed by atoms with E-state index in [4.69, 9.17) is 34.7 Å².